The standard InChI is InChI=1S/C15H22BrNO/c1-10(2)5-6-18-15-11(3)7-14(16)9-13(15)8-12(4)17/h7,9,12H,1,5-6,8,17H2,2-4H3. The predicted octanol–water partition coefficient (Wildman–Crippen LogP) is 3.99. The summed E-state index contributed by atoms with van der Waals surface area (Å²) in [6.07, 6.45) is 1.70. The largest absolute Gasteiger partial charge is 0.493 e. The number of hydrogen-bond acceptors (Lipinski definition) is 2. The van der Waals surface area contributed by atoms with Crippen LogP contribution in [0.2, 0.25) is 0 Å². The lowest BCUT2D eigenvalue weighted by Crippen LogP contribution is -2.18. The SMILES string of the molecule is C=C(C)CCOc1c(C)cc(Br)cc1CC(C)N. The summed E-state index contributed by atoms with van der Waals surface area (Å²) in [7, 11) is 0. The molecule has 0 amide bonds. The fraction of sp³-hybridized carbons (Fsp3) is 0.467. The molecule has 2 nitrogen and oxygen atoms in total. The van der Waals surface area contributed by atoms with Gasteiger partial charge in [0, 0.05) is 16.9 Å². The Morgan fingerprint density at radius 1 is 1.50 bits per heavy atom. The molecule has 1 aromatic carbocycles. The fourth-order valence-electron chi connectivity index (χ4n) is 1.83. The molecule has 3 heteroatoms. The van der Waals surface area contributed by atoms with Gasteiger partial charge in [0.2, 0.25) is 0 Å². The van der Waals surface area contributed by atoms with Crippen LogP contribution in [0.4, 0.5) is 0 Å². The molecule has 0 fully saturated rings. The number of benzene rings is 1. The van der Waals surface area contributed by atoms with Gasteiger partial charge in [-0.1, -0.05) is 21.5 Å². The van der Waals surface area contributed by atoms with E-state index in [1.54, 1.807) is 0 Å². The summed E-state index contributed by atoms with van der Waals surface area (Å²) in [4.78, 5) is 0. The Hall–Kier alpha value is -0.800. The van der Waals surface area contributed by atoms with Crippen LogP contribution in [0.15, 0.2) is 28.8 Å². The van der Waals surface area contributed by atoms with Crippen LogP contribution in [-0.4, -0.2) is 12.6 Å². The van der Waals surface area contributed by atoms with E-state index in [9.17, 15) is 0 Å². The predicted molar refractivity (Wildman–Crippen MR) is 81.2 cm³/mol. The highest BCUT2D eigenvalue weighted by Gasteiger charge is 2.10. The van der Waals surface area contributed by atoms with Gasteiger partial charge in [0.25, 0.3) is 0 Å². The Bertz CT molecular complexity index is 427. The normalized spacial score (nSPS) is 12.3. The second kappa shape index (κ2) is 6.95. The van der Waals surface area contributed by atoms with E-state index in [1.807, 2.05) is 13.8 Å². The molecule has 18 heavy (non-hydrogen) atoms. The summed E-state index contributed by atoms with van der Waals surface area (Å²) < 4.78 is 6.97. The van der Waals surface area contributed by atoms with Crippen LogP contribution < -0.4 is 10.5 Å². The molecule has 1 rings (SSSR count). The molecule has 1 atom stereocenters. The molecule has 2 N–H and O–H groups in total. The van der Waals surface area contributed by atoms with Crippen LogP contribution in [0.25, 0.3) is 0 Å². The van der Waals surface area contributed by atoms with Crippen molar-refractivity contribution in [3.8, 4) is 5.75 Å². The van der Waals surface area contributed by atoms with E-state index in [4.69, 9.17) is 10.5 Å². The second-order valence-corrected chi connectivity index (χ2v) is 5.86. The van der Waals surface area contributed by atoms with Crippen molar-refractivity contribution in [3.05, 3.63) is 39.9 Å². The van der Waals surface area contributed by atoms with Crippen molar-refractivity contribution in [1.82, 2.24) is 0 Å². The van der Waals surface area contributed by atoms with Crippen molar-refractivity contribution in [2.45, 2.75) is 39.7 Å². The van der Waals surface area contributed by atoms with E-state index < -0.39 is 0 Å². The van der Waals surface area contributed by atoms with Gasteiger partial charge < -0.3 is 10.5 Å². The molecule has 0 saturated heterocycles. The minimum Gasteiger partial charge on any atom is -0.493 e. The van der Waals surface area contributed by atoms with E-state index in [0.29, 0.717) is 6.61 Å². The molecule has 0 aliphatic carbocycles. The Labute approximate surface area is 118 Å². The number of halogens is 1. The molecule has 1 unspecified atom stereocenters. The third-order valence-corrected chi connectivity index (χ3v) is 3.09. The zero-order valence-electron chi connectivity index (χ0n) is 11.4. The molecule has 0 spiro atoms. The Morgan fingerprint density at radius 3 is 2.72 bits per heavy atom. The minimum absolute atomic E-state index is 0.127. The van der Waals surface area contributed by atoms with Crippen LogP contribution in [0.1, 0.15) is 31.4 Å². The van der Waals surface area contributed by atoms with Crippen LogP contribution in [-0.2, 0) is 6.42 Å². The van der Waals surface area contributed by atoms with Gasteiger partial charge in [0.05, 0.1) is 6.61 Å². The smallest absolute Gasteiger partial charge is 0.125 e. The van der Waals surface area contributed by atoms with Crippen molar-refractivity contribution in [2.75, 3.05) is 6.61 Å². The number of ether oxygens (including phenoxy) is 1. The van der Waals surface area contributed by atoms with Crippen LogP contribution >= 0.6 is 15.9 Å². The Kier molecular flexibility index (Phi) is 5.89. The lowest BCUT2D eigenvalue weighted by molar-refractivity contribution is 0.315. The van der Waals surface area contributed by atoms with E-state index >= 15 is 0 Å². The molecule has 0 bridgehead atoms. The van der Waals surface area contributed by atoms with Gasteiger partial charge in [0.1, 0.15) is 5.75 Å². The van der Waals surface area contributed by atoms with Crippen molar-refractivity contribution in [3.63, 3.8) is 0 Å². The first-order chi connectivity index (χ1) is 8.40. The summed E-state index contributed by atoms with van der Waals surface area (Å²) in [5.41, 5.74) is 9.33. The zero-order valence-corrected chi connectivity index (χ0v) is 13.0. The summed E-state index contributed by atoms with van der Waals surface area (Å²) in [5, 5.41) is 0. The van der Waals surface area contributed by atoms with Gasteiger partial charge >= 0.3 is 0 Å². The lowest BCUT2D eigenvalue weighted by atomic mass is 10.0. The van der Waals surface area contributed by atoms with Gasteiger partial charge in [-0.25, -0.2) is 0 Å². The number of aryl methyl sites for hydroxylation is 1. The van der Waals surface area contributed by atoms with Crippen LogP contribution in [0, 0.1) is 6.92 Å². The summed E-state index contributed by atoms with van der Waals surface area (Å²) in [6, 6.07) is 4.29. The van der Waals surface area contributed by atoms with Crippen molar-refractivity contribution in [2.24, 2.45) is 5.73 Å². The lowest BCUT2D eigenvalue weighted by Gasteiger charge is -2.16. The first-order valence-electron chi connectivity index (χ1n) is 6.22. The second-order valence-electron chi connectivity index (χ2n) is 4.95. The molecule has 0 aliphatic rings. The van der Waals surface area contributed by atoms with Gasteiger partial charge in [-0.2, -0.15) is 0 Å². The third kappa shape index (κ3) is 4.83. The summed E-state index contributed by atoms with van der Waals surface area (Å²) in [5.74, 6) is 0.969. The quantitative estimate of drug-likeness (QED) is 0.806. The van der Waals surface area contributed by atoms with E-state index in [1.165, 1.54) is 5.56 Å². The van der Waals surface area contributed by atoms with E-state index in [0.717, 1.165) is 34.2 Å². The number of nitrogens with two attached hydrogens (primary N) is 1. The van der Waals surface area contributed by atoms with Crippen molar-refractivity contribution >= 4 is 15.9 Å². The molecule has 0 radical (unpaired) electrons. The average molecular weight is 312 g/mol. The first kappa shape index (κ1) is 15.3. The summed E-state index contributed by atoms with van der Waals surface area (Å²) in [6.45, 7) is 10.6. The minimum atomic E-state index is 0.127. The monoisotopic (exact) mass is 311 g/mol. The maximum absolute atomic E-state index is 5.90. The zero-order chi connectivity index (χ0) is 13.7. The topological polar surface area (TPSA) is 35.2 Å². The first-order valence-corrected chi connectivity index (χ1v) is 7.01. The van der Waals surface area contributed by atoms with E-state index in [-0.39, 0.29) is 6.04 Å². The van der Waals surface area contributed by atoms with Gasteiger partial charge in [0.15, 0.2) is 0 Å². The molecule has 0 aliphatic heterocycles. The highest BCUT2D eigenvalue weighted by Crippen LogP contribution is 2.29. The molecule has 1 aromatic rings. The molecular weight excluding hydrogens is 290 g/mol. The Balaban J connectivity index is 2.89. The summed E-state index contributed by atoms with van der Waals surface area (Å²) >= 11 is 3.52. The van der Waals surface area contributed by atoms with Gasteiger partial charge in [-0.15, -0.1) is 6.58 Å². The maximum atomic E-state index is 5.90. The molecule has 0 heterocycles. The molecule has 0 saturated carbocycles. The van der Waals surface area contributed by atoms with Gasteiger partial charge in [-0.05, 0) is 50.5 Å². The average Bonchev–Trinajstić information content (AvgIpc) is 2.20. The Morgan fingerprint density at radius 2 is 2.17 bits per heavy atom. The molecule has 0 aromatic heterocycles. The van der Waals surface area contributed by atoms with Crippen LogP contribution in [0.5, 0.6) is 5.75 Å². The van der Waals surface area contributed by atoms with Crippen molar-refractivity contribution < 1.29 is 4.74 Å². The third-order valence-electron chi connectivity index (χ3n) is 2.63. The highest BCUT2D eigenvalue weighted by atomic mass is 79.9. The number of hydrogen-bond donors (Lipinski definition) is 1. The number of rotatable bonds is 6. The van der Waals surface area contributed by atoms with Gasteiger partial charge in [-0.3, -0.25) is 0 Å². The van der Waals surface area contributed by atoms with Crippen molar-refractivity contribution in [1.29, 1.82) is 0 Å². The van der Waals surface area contributed by atoms with Crippen LogP contribution in [0.3, 0.4) is 0 Å². The molecular formula is C15H22BrNO. The maximum Gasteiger partial charge on any atom is 0.125 e. The van der Waals surface area contributed by atoms with E-state index in [2.05, 4.69) is 41.6 Å². The fourth-order valence-corrected chi connectivity index (χ4v) is 2.45. The molecule has 100 valence electrons. The highest BCUT2D eigenvalue weighted by molar-refractivity contribution is 9.10.